The van der Waals surface area contributed by atoms with Crippen LogP contribution in [-0.4, -0.2) is 16.1 Å². The lowest BCUT2D eigenvalue weighted by molar-refractivity contribution is -0.384. The molecule has 1 aliphatic carbocycles. The fourth-order valence-electron chi connectivity index (χ4n) is 2.83. The summed E-state index contributed by atoms with van der Waals surface area (Å²) < 4.78 is 0. The number of hydrogen-bond donors (Lipinski definition) is 2. The molecule has 2 aromatic carbocycles. The molecule has 3 rings (SSSR count). The van der Waals surface area contributed by atoms with Gasteiger partial charge in [-0.2, -0.15) is 0 Å². The standard InChI is InChI=1S/C16H16N2O3/c1-10-6-7-13(14(8-10)18(20)21)17-16-12-5-3-2-4-11(12)9-15(16)19/h2-8,15-17,19H,9H2,1H3. The number of aliphatic hydroxyl groups is 1. The summed E-state index contributed by atoms with van der Waals surface area (Å²) in [5.74, 6) is 0. The first-order chi connectivity index (χ1) is 10.1. The average molecular weight is 284 g/mol. The highest BCUT2D eigenvalue weighted by Crippen LogP contribution is 2.36. The van der Waals surface area contributed by atoms with E-state index in [0.29, 0.717) is 12.1 Å². The Labute approximate surface area is 122 Å². The number of hydrogen-bond acceptors (Lipinski definition) is 4. The van der Waals surface area contributed by atoms with Crippen molar-refractivity contribution in [3.63, 3.8) is 0 Å². The quantitative estimate of drug-likeness (QED) is 0.671. The Morgan fingerprint density at radius 3 is 2.81 bits per heavy atom. The van der Waals surface area contributed by atoms with E-state index in [2.05, 4.69) is 5.32 Å². The molecule has 5 heteroatoms. The van der Waals surface area contributed by atoms with Crippen molar-refractivity contribution in [3.05, 3.63) is 69.3 Å². The molecular formula is C16H16N2O3. The summed E-state index contributed by atoms with van der Waals surface area (Å²) in [5, 5.41) is 24.5. The lowest BCUT2D eigenvalue weighted by Crippen LogP contribution is -2.21. The highest BCUT2D eigenvalue weighted by atomic mass is 16.6. The maximum atomic E-state index is 11.2. The van der Waals surface area contributed by atoms with E-state index in [-0.39, 0.29) is 11.7 Å². The fourth-order valence-corrected chi connectivity index (χ4v) is 2.83. The van der Waals surface area contributed by atoms with Gasteiger partial charge in [0, 0.05) is 12.5 Å². The van der Waals surface area contributed by atoms with Crippen LogP contribution in [0.4, 0.5) is 11.4 Å². The molecule has 0 aromatic heterocycles. The number of aliphatic hydroxyl groups excluding tert-OH is 1. The second-order valence-electron chi connectivity index (χ2n) is 5.37. The van der Waals surface area contributed by atoms with Gasteiger partial charge in [-0.1, -0.05) is 30.3 Å². The Hall–Kier alpha value is -2.40. The number of rotatable bonds is 3. The number of aryl methyl sites for hydroxylation is 1. The minimum atomic E-state index is -0.580. The van der Waals surface area contributed by atoms with E-state index in [1.165, 1.54) is 6.07 Å². The van der Waals surface area contributed by atoms with Crippen LogP contribution in [0.1, 0.15) is 22.7 Å². The van der Waals surface area contributed by atoms with Gasteiger partial charge in [-0.25, -0.2) is 0 Å². The van der Waals surface area contributed by atoms with Crippen LogP contribution in [0.3, 0.4) is 0 Å². The summed E-state index contributed by atoms with van der Waals surface area (Å²) in [5.41, 5.74) is 3.38. The summed E-state index contributed by atoms with van der Waals surface area (Å²) >= 11 is 0. The largest absolute Gasteiger partial charge is 0.390 e. The van der Waals surface area contributed by atoms with Gasteiger partial charge in [-0.15, -0.1) is 0 Å². The topological polar surface area (TPSA) is 75.4 Å². The van der Waals surface area contributed by atoms with E-state index in [0.717, 1.165) is 16.7 Å². The molecule has 0 heterocycles. The Balaban J connectivity index is 1.96. The Kier molecular flexibility index (Phi) is 3.35. The predicted octanol–water partition coefficient (Wildman–Crippen LogP) is 2.97. The molecular weight excluding hydrogens is 268 g/mol. The van der Waals surface area contributed by atoms with Gasteiger partial charge in [-0.3, -0.25) is 10.1 Å². The summed E-state index contributed by atoms with van der Waals surface area (Å²) in [4.78, 5) is 10.8. The third-order valence-corrected chi connectivity index (χ3v) is 3.86. The Bertz CT molecular complexity index is 700. The minimum Gasteiger partial charge on any atom is -0.390 e. The van der Waals surface area contributed by atoms with Crippen LogP contribution in [0.2, 0.25) is 0 Å². The zero-order chi connectivity index (χ0) is 15.0. The molecule has 0 radical (unpaired) electrons. The van der Waals surface area contributed by atoms with Crippen molar-refractivity contribution in [2.45, 2.75) is 25.5 Å². The minimum absolute atomic E-state index is 0.0339. The van der Waals surface area contributed by atoms with Crippen LogP contribution < -0.4 is 5.32 Å². The molecule has 0 bridgehead atoms. The molecule has 0 aliphatic heterocycles. The van der Waals surface area contributed by atoms with Crippen molar-refractivity contribution < 1.29 is 10.0 Å². The van der Waals surface area contributed by atoms with Crippen LogP contribution in [0.25, 0.3) is 0 Å². The van der Waals surface area contributed by atoms with E-state index < -0.39 is 11.0 Å². The normalized spacial score (nSPS) is 20.1. The van der Waals surface area contributed by atoms with Crippen LogP contribution in [0.5, 0.6) is 0 Å². The molecule has 2 aromatic rings. The molecule has 2 unspecified atom stereocenters. The van der Waals surface area contributed by atoms with Crippen molar-refractivity contribution >= 4 is 11.4 Å². The van der Waals surface area contributed by atoms with Crippen LogP contribution >= 0.6 is 0 Å². The molecule has 21 heavy (non-hydrogen) atoms. The second kappa shape index (κ2) is 5.18. The highest BCUT2D eigenvalue weighted by Gasteiger charge is 2.32. The maximum Gasteiger partial charge on any atom is 0.292 e. The van der Waals surface area contributed by atoms with Gasteiger partial charge in [0.05, 0.1) is 17.1 Å². The molecule has 5 nitrogen and oxygen atoms in total. The van der Waals surface area contributed by atoms with Crippen molar-refractivity contribution in [2.75, 3.05) is 5.32 Å². The summed E-state index contributed by atoms with van der Waals surface area (Å²) in [7, 11) is 0. The number of benzene rings is 2. The van der Waals surface area contributed by atoms with Crippen LogP contribution in [0.15, 0.2) is 42.5 Å². The van der Waals surface area contributed by atoms with Crippen LogP contribution in [0, 0.1) is 17.0 Å². The average Bonchev–Trinajstić information content (AvgIpc) is 2.77. The molecule has 2 atom stereocenters. The summed E-state index contributed by atoms with van der Waals surface area (Å²) in [6.07, 6.45) is -0.0173. The zero-order valence-corrected chi connectivity index (χ0v) is 11.6. The summed E-state index contributed by atoms with van der Waals surface area (Å²) in [6, 6.07) is 12.5. The molecule has 0 fully saturated rings. The highest BCUT2D eigenvalue weighted by molar-refractivity contribution is 5.64. The lowest BCUT2D eigenvalue weighted by Gasteiger charge is -2.19. The fraction of sp³-hybridized carbons (Fsp3) is 0.250. The van der Waals surface area contributed by atoms with Crippen molar-refractivity contribution in [1.82, 2.24) is 0 Å². The van der Waals surface area contributed by atoms with Crippen molar-refractivity contribution in [3.8, 4) is 0 Å². The molecule has 1 aliphatic rings. The van der Waals surface area contributed by atoms with E-state index >= 15 is 0 Å². The van der Waals surface area contributed by atoms with E-state index in [9.17, 15) is 15.2 Å². The first kappa shape index (κ1) is 13.6. The van der Waals surface area contributed by atoms with Crippen LogP contribution in [-0.2, 0) is 6.42 Å². The third-order valence-electron chi connectivity index (χ3n) is 3.86. The molecule has 0 amide bonds. The van der Waals surface area contributed by atoms with E-state index in [1.54, 1.807) is 6.07 Å². The number of nitro groups is 1. The number of nitrogens with one attached hydrogen (secondary N) is 1. The first-order valence-corrected chi connectivity index (χ1v) is 6.83. The third kappa shape index (κ3) is 2.48. The number of nitro benzene ring substituents is 1. The molecule has 0 saturated heterocycles. The lowest BCUT2D eigenvalue weighted by atomic mass is 10.1. The zero-order valence-electron chi connectivity index (χ0n) is 11.6. The van der Waals surface area contributed by atoms with Gasteiger partial charge in [0.15, 0.2) is 0 Å². The Morgan fingerprint density at radius 2 is 2.05 bits per heavy atom. The number of fused-ring (bicyclic) bond motifs is 1. The smallest absolute Gasteiger partial charge is 0.292 e. The first-order valence-electron chi connectivity index (χ1n) is 6.83. The second-order valence-corrected chi connectivity index (χ2v) is 5.37. The van der Waals surface area contributed by atoms with Crippen molar-refractivity contribution in [2.24, 2.45) is 0 Å². The van der Waals surface area contributed by atoms with E-state index in [1.807, 2.05) is 37.3 Å². The van der Waals surface area contributed by atoms with Crippen molar-refractivity contribution in [1.29, 1.82) is 0 Å². The predicted molar refractivity (Wildman–Crippen MR) is 80.3 cm³/mol. The maximum absolute atomic E-state index is 11.2. The van der Waals surface area contributed by atoms with Gasteiger partial charge in [0.2, 0.25) is 0 Å². The van der Waals surface area contributed by atoms with E-state index in [4.69, 9.17) is 0 Å². The summed E-state index contributed by atoms with van der Waals surface area (Å²) in [6.45, 7) is 1.82. The van der Waals surface area contributed by atoms with Gasteiger partial charge in [0.1, 0.15) is 5.69 Å². The SMILES string of the molecule is Cc1ccc(NC2c3ccccc3CC2O)c([N+](=O)[O-])c1. The van der Waals surface area contributed by atoms with Gasteiger partial charge in [-0.05, 0) is 29.7 Å². The Morgan fingerprint density at radius 1 is 1.29 bits per heavy atom. The number of nitrogens with zero attached hydrogens (tertiary/aromatic N) is 1. The monoisotopic (exact) mass is 284 g/mol. The molecule has 0 saturated carbocycles. The van der Waals surface area contributed by atoms with Gasteiger partial charge in [0.25, 0.3) is 5.69 Å². The molecule has 0 spiro atoms. The number of anilines is 1. The van der Waals surface area contributed by atoms with Gasteiger partial charge >= 0.3 is 0 Å². The molecule has 2 N–H and O–H groups in total. The molecule has 108 valence electrons. The van der Waals surface area contributed by atoms with Gasteiger partial charge < -0.3 is 10.4 Å².